The number of nitrogens with zero attached hydrogens (tertiary/aromatic N) is 2. The summed E-state index contributed by atoms with van der Waals surface area (Å²) in [5, 5.41) is 6.96. The van der Waals surface area contributed by atoms with Crippen LogP contribution in [0.15, 0.2) is 24.4 Å². The molecule has 19 heavy (non-hydrogen) atoms. The standard InChI is InChI=1S/C13H16N4O2/c1-8-11(7-17(2)16-8)15-13(18)9-4-5-10(14)12(6-9)19-3/h4-7H,14H2,1-3H3,(H,15,18). The number of nitrogen functional groups attached to an aromatic ring is 1. The maximum atomic E-state index is 12.1. The Morgan fingerprint density at radius 3 is 2.79 bits per heavy atom. The van der Waals surface area contributed by atoms with Crippen LogP contribution in [0.5, 0.6) is 5.75 Å². The largest absolute Gasteiger partial charge is 0.495 e. The number of amides is 1. The summed E-state index contributed by atoms with van der Waals surface area (Å²) < 4.78 is 6.74. The van der Waals surface area contributed by atoms with Gasteiger partial charge in [0.05, 0.1) is 24.2 Å². The first-order valence-electron chi connectivity index (χ1n) is 5.76. The van der Waals surface area contributed by atoms with Crippen molar-refractivity contribution in [3.8, 4) is 5.75 Å². The fourth-order valence-corrected chi connectivity index (χ4v) is 1.77. The molecule has 0 aliphatic rings. The molecule has 3 N–H and O–H groups in total. The zero-order valence-electron chi connectivity index (χ0n) is 11.1. The third-order valence-corrected chi connectivity index (χ3v) is 2.76. The summed E-state index contributed by atoms with van der Waals surface area (Å²) in [6.07, 6.45) is 1.75. The van der Waals surface area contributed by atoms with Crippen LogP contribution in [0, 0.1) is 6.92 Å². The molecule has 2 aromatic rings. The lowest BCUT2D eigenvalue weighted by Gasteiger charge is -2.07. The number of carbonyl (C=O) groups is 1. The predicted octanol–water partition coefficient (Wildman–Crippen LogP) is 1.57. The number of benzene rings is 1. The molecule has 1 aromatic carbocycles. The number of aryl methyl sites for hydroxylation is 2. The van der Waals surface area contributed by atoms with Gasteiger partial charge in [0, 0.05) is 18.8 Å². The van der Waals surface area contributed by atoms with E-state index in [-0.39, 0.29) is 5.91 Å². The average Bonchev–Trinajstić information content (AvgIpc) is 2.68. The highest BCUT2D eigenvalue weighted by molar-refractivity contribution is 6.05. The number of ether oxygens (including phenoxy) is 1. The number of nitrogens with one attached hydrogen (secondary N) is 1. The molecule has 0 fully saturated rings. The van der Waals surface area contributed by atoms with Gasteiger partial charge in [-0.3, -0.25) is 9.48 Å². The Kier molecular flexibility index (Phi) is 3.41. The number of methoxy groups -OCH3 is 1. The molecule has 0 radical (unpaired) electrons. The van der Waals surface area contributed by atoms with Gasteiger partial charge in [0.2, 0.25) is 0 Å². The molecule has 0 aliphatic heterocycles. The average molecular weight is 260 g/mol. The van der Waals surface area contributed by atoms with Crippen LogP contribution in [-0.4, -0.2) is 22.8 Å². The molecule has 0 atom stereocenters. The topological polar surface area (TPSA) is 82.2 Å². The number of hydrogen-bond donors (Lipinski definition) is 2. The molecule has 100 valence electrons. The van der Waals surface area contributed by atoms with Gasteiger partial charge in [0.15, 0.2) is 0 Å². The van der Waals surface area contributed by atoms with E-state index in [0.29, 0.717) is 22.7 Å². The quantitative estimate of drug-likeness (QED) is 0.821. The van der Waals surface area contributed by atoms with Gasteiger partial charge in [0.1, 0.15) is 5.75 Å². The van der Waals surface area contributed by atoms with Crippen molar-refractivity contribution in [3.63, 3.8) is 0 Å². The SMILES string of the molecule is COc1cc(C(=O)Nc2cn(C)nc2C)ccc1N. The number of nitrogens with two attached hydrogens (primary N) is 1. The summed E-state index contributed by atoms with van der Waals surface area (Å²) >= 11 is 0. The van der Waals surface area contributed by atoms with Crippen LogP contribution in [0.2, 0.25) is 0 Å². The van der Waals surface area contributed by atoms with Crippen molar-refractivity contribution >= 4 is 17.3 Å². The molecular weight excluding hydrogens is 244 g/mol. The van der Waals surface area contributed by atoms with Crippen LogP contribution < -0.4 is 15.8 Å². The number of rotatable bonds is 3. The number of anilines is 2. The molecular formula is C13H16N4O2. The lowest BCUT2D eigenvalue weighted by Crippen LogP contribution is -2.12. The second kappa shape index (κ2) is 5.01. The van der Waals surface area contributed by atoms with Crippen molar-refractivity contribution in [2.75, 3.05) is 18.2 Å². The molecule has 0 saturated carbocycles. The van der Waals surface area contributed by atoms with E-state index >= 15 is 0 Å². The summed E-state index contributed by atoms with van der Waals surface area (Å²) in [5.41, 5.74) is 8.13. The summed E-state index contributed by atoms with van der Waals surface area (Å²) in [6, 6.07) is 4.90. The van der Waals surface area contributed by atoms with E-state index in [9.17, 15) is 4.79 Å². The van der Waals surface area contributed by atoms with Crippen molar-refractivity contribution in [1.29, 1.82) is 0 Å². The van der Waals surface area contributed by atoms with Crippen molar-refractivity contribution in [3.05, 3.63) is 35.7 Å². The van der Waals surface area contributed by atoms with E-state index < -0.39 is 0 Å². The molecule has 6 nitrogen and oxygen atoms in total. The molecule has 0 bridgehead atoms. The van der Waals surface area contributed by atoms with Crippen LogP contribution in [0.3, 0.4) is 0 Å². The molecule has 1 aromatic heterocycles. The third kappa shape index (κ3) is 2.67. The normalized spacial score (nSPS) is 10.3. The van der Waals surface area contributed by atoms with Crippen molar-refractivity contribution in [1.82, 2.24) is 9.78 Å². The molecule has 0 spiro atoms. The molecule has 2 rings (SSSR count). The Labute approximate surface area is 111 Å². The predicted molar refractivity (Wildman–Crippen MR) is 73.3 cm³/mol. The highest BCUT2D eigenvalue weighted by Gasteiger charge is 2.11. The highest BCUT2D eigenvalue weighted by Crippen LogP contribution is 2.23. The number of hydrogen-bond acceptors (Lipinski definition) is 4. The van der Waals surface area contributed by atoms with Gasteiger partial charge in [-0.1, -0.05) is 0 Å². The Balaban J connectivity index is 2.23. The van der Waals surface area contributed by atoms with Crippen LogP contribution in [-0.2, 0) is 7.05 Å². The fourth-order valence-electron chi connectivity index (χ4n) is 1.77. The van der Waals surface area contributed by atoms with Crippen molar-refractivity contribution in [2.45, 2.75) is 6.92 Å². The number of carbonyl (C=O) groups excluding carboxylic acids is 1. The molecule has 0 aliphatic carbocycles. The fraction of sp³-hybridized carbons (Fsp3) is 0.231. The van der Waals surface area contributed by atoms with Crippen LogP contribution >= 0.6 is 0 Å². The van der Waals surface area contributed by atoms with E-state index in [1.807, 2.05) is 6.92 Å². The van der Waals surface area contributed by atoms with Crippen LogP contribution in [0.25, 0.3) is 0 Å². The Bertz CT molecular complexity index is 619. The summed E-state index contributed by atoms with van der Waals surface area (Å²) in [7, 11) is 3.31. The monoisotopic (exact) mass is 260 g/mol. The van der Waals surface area contributed by atoms with E-state index in [0.717, 1.165) is 5.69 Å². The Hall–Kier alpha value is -2.50. The lowest BCUT2D eigenvalue weighted by atomic mass is 10.1. The van der Waals surface area contributed by atoms with E-state index in [1.165, 1.54) is 7.11 Å². The minimum Gasteiger partial charge on any atom is -0.495 e. The molecule has 0 saturated heterocycles. The zero-order chi connectivity index (χ0) is 14.0. The third-order valence-electron chi connectivity index (χ3n) is 2.76. The summed E-state index contributed by atoms with van der Waals surface area (Å²) in [5.74, 6) is 0.255. The van der Waals surface area contributed by atoms with E-state index in [2.05, 4.69) is 10.4 Å². The Morgan fingerprint density at radius 2 is 2.21 bits per heavy atom. The van der Waals surface area contributed by atoms with Crippen molar-refractivity contribution in [2.24, 2.45) is 7.05 Å². The second-order valence-electron chi connectivity index (χ2n) is 4.21. The number of aromatic nitrogens is 2. The molecule has 1 amide bonds. The van der Waals surface area contributed by atoms with E-state index in [4.69, 9.17) is 10.5 Å². The first kappa shape index (κ1) is 12.9. The van der Waals surface area contributed by atoms with Gasteiger partial charge in [-0.05, 0) is 25.1 Å². The zero-order valence-corrected chi connectivity index (χ0v) is 11.1. The maximum absolute atomic E-state index is 12.1. The van der Waals surface area contributed by atoms with Gasteiger partial charge in [0.25, 0.3) is 5.91 Å². The van der Waals surface area contributed by atoms with Gasteiger partial charge in [-0.25, -0.2) is 0 Å². The lowest BCUT2D eigenvalue weighted by molar-refractivity contribution is 0.102. The van der Waals surface area contributed by atoms with Gasteiger partial charge < -0.3 is 15.8 Å². The van der Waals surface area contributed by atoms with Crippen LogP contribution in [0.1, 0.15) is 16.1 Å². The summed E-state index contributed by atoms with van der Waals surface area (Å²) in [6.45, 7) is 1.83. The minimum atomic E-state index is -0.227. The van der Waals surface area contributed by atoms with Gasteiger partial charge >= 0.3 is 0 Å². The first-order valence-corrected chi connectivity index (χ1v) is 5.76. The van der Waals surface area contributed by atoms with Crippen LogP contribution in [0.4, 0.5) is 11.4 Å². The van der Waals surface area contributed by atoms with E-state index in [1.54, 1.807) is 36.1 Å². The first-order chi connectivity index (χ1) is 9.01. The Morgan fingerprint density at radius 1 is 1.47 bits per heavy atom. The maximum Gasteiger partial charge on any atom is 0.255 e. The highest BCUT2D eigenvalue weighted by atomic mass is 16.5. The molecule has 6 heteroatoms. The smallest absolute Gasteiger partial charge is 0.255 e. The minimum absolute atomic E-state index is 0.227. The van der Waals surface area contributed by atoms with Crippen molar-refractivity contribution < 1.29 is 9.53 Å². The second-order valence-corrected chi connectivity index (χ2v) is 4.21. The van der Waals surface area contributed by atoms with Gasteiger partial charge in [-0.2, -0.15) is 5.10 Å². The molecule has 0 unspecified atom stereocenters. The summed E-state index contributed by atoms with van der Waals surface area (Å²) in [4.78, 5) is 12.1. The van der Waals surface area contributed by atoms with Gasteiger partial charge in [-0.15, -0.1) is 0 Å². The molecule has 1 heterocycles.